The van der Waals surface area contributed by atoms with E-state index in [2.05, 4.69) is 98.8 Å². The SMILES string of the molecule is CCOC(=O)CNC(=O)CCOC.CCOC(=O)CNC(=O)COC.COCC(=O)NC(C)C(=O)OC.COCC(=O)NCC(=O)OC.COCCC(=O)N(C)CC(=O)OC.COCCC(=O)NC(C(=O)OC)C(C)C.COCCC(=O)NC(C)C(=O)OC.COCCC(=O)NCC(=O)OC. The minimum Gasteiger partial charge on any atom is -0.468 e. The molecule has 0 radical (unpaired) electrons. The Morgan fingerprint density at radius 3 is 0.901 bits per heavy atom. The topological polar surface area (TPSA) is 508 Å². The highest BCUT2D eigenvalue weighted by Crippen LogP contribution is 2.04. The molecule has 3 unspecified atom stereocenters. The van der Waals surface area contributed by atoms with Gasteiger partial charge in [-0.1, -0.05) is 13.8 Å². The van der Waals surface area contributed by atoms with Gasteiger partial charge in [0.2, 0.25) is 47.3 Å². The molecule has 590 valence electrons. The monoisotopic (exact) mass is 1470 g/mol. The fraction of sp³-hybridized carbons (Fsp3) is 0.738. The van der Waals surface area contributed by atoms with Gasteiger partial charge < -0.3 is 118 Å². The quantitative estimate of drug-likeness (QED) is 0.0229. The van der Waals surface area contributed by atoms with Crippen LogP contribution in [-0.4, -0.2) is 323 Å². The molecule has 8 amide bonds. The first-order chi connectivity index (χ1) is 47.7. The molecule has 3 atom stereocenters. The third kappa shape index (κ3) is 81.8. The summed E-state index contributed by atoms with van der Waals surface area (Å²) in [6, 6.07) is -1.81. The van der Waals surface area contributed by atoms with Crippen molar-refractivity contribution in [2.75, 3.05) is 205 Å². The summed E-state index contributed by atoms with van der Waals surface area (Å²) in [4.78, 5) is 175. The Hall–Kier alpha value is -8.80. The van der Waals surface area contributed by atoms with Crippen LogP contribution < -0.4 is 37.2 Å². The second-order valence-electron chi connectivity index (χ2n) is 19.1. The maximum absolute atomic E-state index is 11.3. The smallest absolute Gasteiger partial charge is 0.328 e. The van der Waals surface area contributed by atoms with Gasteiger partial charge in [-0.3, -0.25) is 62.3 Å². The number of methoxy groups -OCH3 is 14. The van der Waals surface area contributed by atoms with Gasteiger partial charge in [0.25, 0.3) is 0 Å². The number of esters is 8. The third-order valence-electron chi connectivity index (χ3n) is 10.6. The van der Waals surface area contributed by atoms with Crippen LogP contribution in [-0.2, 0) is 153 Å². The lowest BCUT2D eigenvalue weighted by Gasteiger charge is -2.19. The molecule has 0 aromatic carbocycles. The van der Waals surface area contributed by atoms with Gasteiger partial charge in [0.15, 0.2) is 0 Å². The van der Waals surface area contributed by atoms with E-state index in [1.807, 2.05) is 13.8 Å². The van der Waals surface area contributed by atoms with Crippen molar-refractivity contribution in [2.45, 2.75) is 91.8 Å². The lowest BCUT2D eigenvalue weighted by Crippen LogP contribution is -2.45. The van der Waals surface area contributed by atoms with Crippen molar-refractivity contribution >= 4 is 95.0 Å². The van der Waals surface area contributed by atoms with Crippen molar-refractivity contribution in [1.82, 2.24) is 42.1 Å². The average Bonchev–Trinajstić information content (AvgIpc) is 1.10. The molecule has 0 aliphatic heterocycles. The summed E-state index contributed by atoms with van der Waals surface area (Å²) in [6.45, 7) is 12.1. The van der Waals surface area contributed by atoms with Gasteiger partial charge in [0.05, 0.1) is 95.3 Å². The van der Waals surface area contributed by atoms with E-state index >= 15 is 0 Å². The summed E-state index contributed by atoms with van der Waals surface area (Å²) >= 11 is 0. The Balaban J connectivity index is -0.000000163. The van der Waals surface area contributed by atoms with Crippen molar-refractivity contribution < 1.29 is 153 Å². The molecule has 0 heterocycles. The largest absolute Gasteiger partial charge is 0.468 e. The number of carbonyl (C=O) groups excluding carboxylic acids is 16. The number of amides is 8. The van der Waals surface area contributed by atoms with E-state index in [-0.39, 0.29) is 138 Å². The summed E-state index contributed by atoms with van der Waals surface area (Å²) in [6.07, 6.45) is 1.29. The van der Waals surface area contributed by atoms with Gasteiger partial charge in [0, 0.05) is 89.6 Å². The van der Waals surface area contributed by atoms with E-state index in [4.69, 9.17) is 14.2 Å². The molecule has 0 bridgehead atoms. The Morgan fingerprint density at radius 2 is 0.604 bits per heavy atom. The molecule has 40 heteroatoms. The van der Waals surface area contributed by atoms with Crippen molar-refractivity contribution in [2.24, 2.45) is 5.92 Å². The Labute approximate surface area is 591 Å². The first-order valence-electron chi connectivity index (χ1n) is 30.5. The molecule has 0 aromatic heterocycles. The minimum absolute atomic E-state index is 0.00365. The Morgan fingerprint density at radius 1 is 0.317 bits per heavy atom. The zero-order chi connectivity index (χ0) is 79.5. The van der Waals surface area contributed by atoms with E-state index in [0.717, 1.165) is 0 Å². The lowest BCUT2D eigenvalue weighted by atomic mass is 10.0. The molecule has 0 aliphatic rings. The van der Waals surface area contributed by atoms with Gasteiger partial charge >= 0.3 is 47.8 Å². The van der Waals surface area contributed by atoms with E-state index in [1.54, 1.807) is 34.7 Å². The van der Waals surface area contributed by atoms with E-state index in [1.165, 1.54) is 104 Å². The lowest BCUT2D eigenvalue weighted by molar-refractivity contribution is -0.146. The van der Waals surface area contributed by atoms with Crippen LogP contribution in [0.1, 0.15) is 73.6 Å². The Bertz CT molecular complexity index is 2280. The van der Waals surface area contributed by atoms with E-state index < -0.39 is 65.9 Å². The molecule has 0 saturated carbocycles. The van der Waals surface area contributed by atoms with Crippen LogP contribution in [0, 0.1) is 5.92 Å². The summed E-state index contributed by atoms with van der Waals surface area (Å²) < 4.78 is 72.8. The van der Waals surface area contributed by atoms with Crippen molar-refractivity contribution in [3.05, 3.63) is 0 Å². The molecule has 0 rings (SSSR count). The first-order valence-corrected chi connectivity index (χ1v) is 30.5. The van der Waals surface area contributed by atoms with Crippen LogP contribution in [0.3, 0.4) is 0 Å². The first kappa shape index (κ1) is 108. The third-order valence-corrected chi connectivity index (χ3v) is 10.6. The predicted molar refractivity (Wildman–Crippen MR) is 355 cm³/mol. The molecular weight excluding hydrogens is 1360 g/mol. The van der Waals surface area contributed by atoms with Crippen LogP contribution in [0.25, 0.3) is 0 Å². The molecule has 0 saturated heterocycles. The highest BCUT2D eigenvalue weighted by atomic mass is 16.6. The van der Waals surface area contributed by atoms with E-state index in [9.17, 15) is 76.7 Å². The van der Waals surface area contributed by atoms with Crippen LogP contribution in [0.2, 0.25) is 0 Å². The number of hydrogen-bond acceptors (Lipinski definition) is 32. The average molecular weight is 1470 g/mol. The van der Waals surface area contributed by atoms with Crippen molar-refractivity contribution in [1.29, 1.82) is 0 Å². The molecule has 0 aromatic rings. The normalized spacial score (nSPS) is 10.4. The number of ether oxygens (including phenoxy) is 16. The number of nitrogens with one attached hydrogen (secondary N) is 7. The number of nitrogens with zero attached hydrogens (tertiary/aromatic N) is 1. The van der Waals surface area contributed by atoms with Crippen LogP contribution in [0.5, 0.6) is 0 Å². The van der Waals surface area contributed by atoms with Crippen LogP contribution >= 0.6 is 0 Å². The van der Waals surface area contributed by atoms with Crippen LogP contribution in [0.4, 0.5) is 0 Å². The number of hydrogen-bond donors (Lipinski definition) is 7. The molecule has 101 heavy (non-hydrogen) atoms. The maximum Gasteiger partial charge on any atom is 0.328 e. The van der Waals surface area contributed by atoms with Crippen molar-refractivity contribution in [3.8, 4) is 0 Å². The maximum atomic E-state index is 11.3. The highest BCUT2D eigenvalue weighted by Gasteiger charge is 2.25. The summed E-state index contributed by atoms with van der Waals surface area (Å²) in [7, 11) is 21.0. The fourth-order valence-electron chi connectivity index (χ4n) is 5.37. The molecule has 7 N–H and O–H groups in total. The van der Waals surface area contributed by atoms with Gasteiger partial charge in [0.1, 0.15) is 70.7 Å². The number of likely N-dealkylation sites (N-methyl/N-ethyl adjacent to an activating group) is 1. The fourth-order valence-corrected chi connectivity index (χ4v) is 5.37. The van der Waals surface area contributed by atoms with Gasteiger partial charge in [-0.25, -0.2) is 14.4 Å². The second kappa shape index (κ2) is 78.5. The standard InChI is InChI=1S/C10H19NO4.3C8H15NO4.3C7H13NO4.C6H11NO4/c1-7(2)9(10(13)15-4)11-8(12)5-6-14-3;1-9(6-8(11)13-3)7(10)4-5-12-2;1-6(8(11)13-3)9-7(10)4-5-12-2;1-3-13-8(11)6-9-7(10)4-5-12-2;1-5(7(10)12-3)8-6(9)4-11-2;1-11-4-3-6(9)8-5-7(10)12-2;1-3-12-7(10)4-8-6(9)5-11-2;1-10-4-5(8)7-3-6(9)11-2/h7,9H,5-6H2,1-4H3,(H,11,12);4-6H2,1-3H3;6H,4-5H2,1-3H3,(H,9,10);3-6H2,1-2H3,(H,9,10);5H,4H2,1-3H3,(H,8,9);2*3-5H2,1-2H3,(H,8,9);3-4H2,1-2H3,(H,7,8). The van der Waals surface area contributed by atoms with E-state index in [0.29, 0.717) is 46.2 Å². The van der Waals surface area contributed by atoms with Crippen LogP contribution in [0.15, 0.2) is 0 Å². The highest BCUT2D eigenvalue weighted by molar-refractivity contribution is 5.87. The zero-order valence-corrected chi connectivity index (χ0v) is 62.5. The molecule has 0 aliphatic carbocycles. The predicted octanol–water partition coefficient (Wildman–Crippen LogP) is -3.75. The van der Waals surface area contributed by atoms with Gasteiger partial charge in [-0.05, 0) is 33.6 Å². The second-order valence-corrected chi connectivity index (χ2v) is 19.1. The molecule has 0 fully saturated rings. The van der Waals surface area contributed by atoms with Gasteiger partial charge in [-0.2, -0.15) is 0 Å². The summed E-state index contributed by atoms with van der Waals surface area (Å²) in [5.41, 5.74) is 0. The van der Waals surface area contributed by atoms with Crippen molar-refractivity contribution in [3.63, 3.8) is 0 Å². The molecule has 40 nitrogen and oxygen atoms in total. The minimum atomic E-state index is -0.627. The molecule has 0 spiro atoms. The zero-order valence-electron chi connectivity index (χ0n) is 62.5. The summed E-state index contributed by atoms with van der Waals surface area (Å²) in [5.74, 6) is -5.56. The number of rotatable bonds is 40. The number of carbonyl (C=O) groups is 16. The Kier molecular flexibility index (Phi) is 84.1. The molecular formula is C61H114N8O32. The summed E-state index contributed by atoms with van der Waals surface area (Å²) in [5, 5.41) is 16.9. The van der Waals surface area contributed by atoms with Gasteiger partial charge in [-0.15, -0.1) is 0 Å².